The fraction of sp³-hybridized carbons (Fsp3) is 0.440. The van der Waals surface area contributed by atoms with Crippen molar-refractivity contribution in [1.82, 2.24) is 14.6 Å². The largest absolute Gasteiger partial charge is 0.437 e. The summed E-state index contributed by atoms with van der Waals surface area (Å²) in [6.07, 6.45) is 2.51. The highest BCUT2D eigenvalue weighted by Gasteiger charge is 2.25. The third-order valence-electron chi connectivity index (χ3n) is 5.96. The van der Waals surface area contributed by atoms with Crippen LogP contribution < -0.4 is 5.32 Å². The molecule has 3 rings (SSSR count). The molecule has 2 aromatic heterocycles. The lowest BCUT2D eigenvalue weighted by atomic mass is 10.0. The Kier molecular flexibility index (Phi) is 10.9. The van der Waals surface area contributed by atoms with Gasteiger partial charge in [-0.3, -0.25) is 13.9 Å². The average Bonchev–Trinajstić information content (AvgIpc) is 3.23. The summed E-state index contributed by atoms with van der Waals surface area (Å²) in [6.45, 7) is 6.33. The summed E-state index contributed by atoms with van der Waals surface area (Å²) in [4.78, 5) is 17.5. The van der Waals surface area contributed by atoms with Crippen LogP contribution in [0, 0.1) is 3.57 Å². The van der Waals surface area contributed by atoms with E-state index in [-0.39, 0.29) is 18.2 Å². The van der Waals surface area contributed by atoms with Crippen LogP contribution in [0.3, 0.4) is 0 Å². The zero-order valence-corrected chi connectivity index (χ0v) is 25.3. The normalized spacial score (nSPS) is 14.1. The number of pyridine rings is 1. The Labute approximate surface area is 233 Å². The molecule has 3 aromatic rings. The lowest BCUT2D eigenvalue weighted by Gasteiger charge is -2.18. The van der Waals surface area contributed by atoms with Gasteiger partial charge >= 0.3 is 0 Å². The Balaban J connectivity index is 1.88. The second-order valence-electron chi connectivity index (χ2n) is 8.66. The second kappa shape index (κ2) is 13.4. The highest BCUT2D eigenvalue weighted by atomic mass is 127. The maximum Gasteiger partial charge on any atom is 0.255 e. The molecular weight excluding hydrogens is 628 g/mol. The first-order chi connectivity index (χ1) is 17.6. The third-order valence-corrected chi connectivity index (χ3v) is 9.58. The number of carbonyl (C=O) groups excluding carboxylic acids is 1. The number of furan rings is 1. The minimum absolute atomic E-state index is 0.114. The van der Waals surface area contributed by atoms with Gasteiger partial charge in [-0.05, 0) is 60.4 Å². The molecule has 202 valence electrons. The Hall–Kier alpha value is -1.63. The maximum atomic E-state index is 12.8. The molecule has 0 aliphatic carbocycles. The molecule has 9 nitrogen and oxygen atoms in total. The molecule has 2 unspecified atom stereocenters. The van der Waals surface area contributed by atoms with Gasteiger partial charge in [0.2, 0.25) is 17.0 Å². The van der Waals surface area contributed by atoms with Crippen molar-refractivity contribution in [2.75, 3.05) is 33.0 Å². The summed E-state index contributed by atoms with van der Waals surface area (Å²) in [6, 6.07) is 9.67. The third kappa shape index (κ3) is 7.70. The molecule has 2 N–H and O–H groups in total. The number of amides is 1. The maximum absolute atomic E-state index is 12.8. The van der Waals surface area contributed by atoms with Gasteiger partial charge in [0.05, 0.1) is 29.8 Å². The van der Waals surface area contributed by atoms with Crippen LogP contribution in [0.2, 0.25) is 0 Å². The minimum Gasteiger partial charge on any atom is -0.437 e. The highest BCUT2D eigenvalue weighted by molar-refractivity contribution is 14.1. The van der Waals surface area contributed by atoms with Crippen molar-refractivity contribution in [3.05, 3.63) is 50.7 Å². The van der Waals surface area contributed by atoms with E-state index in [0.29, 0.717) is 54.6 Å². The number of aromatic nitrogens is 1. The summed E-state index contributed by atoms with van der Waals surface area (Å²) in [7, 11) is -1.07. The molecular formula is C25H33IN3O6PS. The molecule has 2 heterocycles. The minimum atomic E-state index is -2.64. The van der Waals surface area contributed by atoms with Gasteiger partial charge < -0.3 is 14.3 Å². The van der Waals surface area contributed by atoms with E-state index in [1.165, 1.54) is 9.87 Å². The number of unbranched alkanes of at least 4 members (excludes halogenated alkanes) is 1. The molecule has 0 radical (unpaired) electrons. The molecule has 12 heteroatoms. The van der Waals surface area contributed by atoms with E-state index in [0.717, 1.165) is 15.6 Å². The smallest absolute Gasteiger partial charge is 0.255 e. The molecule has 1 aromatic carbocycles. The van der Waals surface area contributed by atoms with Crippen molar-refractivity contribution in [2.24, 2.45) is 0 Å². The summed E-state index contributed by atoms with van der Waals surface area (Å²) < 4.78 is 47.8. The molecule has 0 spiro atoms. The number of rotatable bonds is 13. The molecule has 0 bridgehead atoms. The summed E-state index contributed by atoms with van der Waals surface area (Å²) >= 11 is -0.101. The predicted octanol–water partition coefficient (Wildman–Crippen LogP) is 5.68. The van der Waals surface area contributed by atoms with Crippen LogP contribution in [-0.2, 0) is 33.3 Å². The van der Waals surface area contributed by atoms with Crippen molar-refractivity contribution in [3.8, 4) is 11.3 Å². The molecule has 0 saturated heterocycles. The van der Waals surface area contributed by atoms with E-state index >= 15 is 0 Å². The van der Waals surface area contributed by atoms with Gasteiger partial charge in [-0.1, -0.05) is 31.2 Å². The molecule has 0 saturated carbocycles. The van der Waals surface area contributed by atoms with Gasteiger partial charge in [0.15, 0.2) is 7.37 Å². The molecule has 2 atom stereocenters. The van der Waals surface area contributed by atoms with Crippen molar-refractivity contribution >= 4 is 58.2 Å². The fourth-order valence-electron chi connectivity index (χ4n) is 4.00. The van der Waals surface area contributed by atoms with Gasteiger partial charge in [-0.25, -0.2) is 9.19 Å². The number of hydrogen-bond donors (Lipinski definition) is 2. The first-order valence-corrected chi connectivity index (χ1v) is 16.5. The summed E-state index contributed by atoms with van der Waals surface area (Å²) in [5.41, 5.74) is 3.20. The summed E-state index contributed by atoms with van der Waals surface area (Å²) in [5.74, 6) is 0.148. The van der Waals surface area contributed by atoms with Crippen LogP contribution in [0.5, 0.6) is 0 Å². The molecule has 0 fully saturated rings. The van der Waals surface area contributed by atoms with Crippen LogP contribution in [0.15, 0.2) is 34.7 Å². The average molecular weight is 661 g/mol. The number of benzene rings is 1. The topological polar surface area (TPSA) is 122 Å². The number of aryl methyl sites for hydroxylation is 1. The van der Waals surface area contributed by atoms with Crippen molar-refractivity contribution in [3.63, 3.8) is 0 Å². The lowest BCUT2D eigenvalue weighted by Crippen LogP contribution is -2.27. The Morgan fingerprint density at radius 2 is 1.97 bits per heavy atom. The van der Waals surface area contributed by atoms with Crippen molar-refractivity contribution in [1.29, 1.82) is 0 Å². The monoisotopic (exact) mass is 661 g/mol. The molecule has 0 aliphatic heterocycles. The number of nitrogens with zero attached hydrogens (tertiary/aromatic N) is 2. The van der Waals surface area contributed by atoms with Crippen LogP contribution in [0.25, 0.3) is 22.4 Å². The Morgan fingerprint density at radius 1 is 1.27 bits per heavy atom. The van der Waals surface area contributed by atoms with E-state index in [1.807, 2.05) is 30.3 Å². The standard InChI is InChI=1S/C25H33IN3O6PS/c1-5-17-9-11-18(12-10-17)23-22(24(30)27-3)19-15-20(26)21(28-25(19)35-23)16-29(37(32)33)13-7-8-14-36(4,31)34-6-2/h9-12,15H,5-8,13-14,16H2,1-4H3,(H,27,30)(H,32,33). The molecule has 0 aliphatic rings. The van der Waals surface area contributed by atoms with Crippen LogP contribution in [-0.4, -0.2) is 57.0 Å². The fourth-order valence-corrected chi connectivity index (χ4v) is 6.59. The van der Waals surface area contributed by atoms with Crippen LogP contribution in [0.4, 0.5) is 0 Å². The van der Waals surface area contributed by atoms with Gasteiger partial charge in [-0.2, -0.15) is 4.31 Å². The molecule has 37 heavy (non-hydrogen) atoms. The number of carbonyl (C=O) groups is 1. The first kappa shape index (κ1) is 29.9. The first-order valence-electron chi connectivity index (χ1n) is 12.1. The quantitative estimate of drug-likeness (QED) is 0.105. The zero-order chi connectivity index (χ0) is 27.2. The van der Waals surface area contributed by atoms with E-state index in [9.17, 15) is 18.1 Å². The Bertz CT molecular complexity index is 1310. The second-order valence-corrected chi connectivity index (χ2v) is 13.5. The predicted molar refractivity (Wildman–Crippen MR) is 155 cm³/mol. The van der Waals surface area contributed by atoms with E-state index in [4.69, 9.17) is 8.94 Å². The van der Waals surface area contributed by atoms with Crippen molar-refractivity contribution < 1.29 is 27.1 Å². The van der Waals surface area contributed by atoms with Gasteiger partial charge in [0.25, 0.3) is 5.91 Å². The SMILES string of the molecule is CCOP(C)(=O)CCCCN(Cc1nc2oc(-c3ccc(CC)cc3)c(C(=O)NC)c2cc1I)S(=O)O. The van der Waals surface area contributed by atoms with E-state index in [1.54, 1.807) is 20.6 Å². The van der Waals surface area contributed by atoms with Gasteiger partial charge in [0.1, 0.15) is 5.76 Å². The number of nitrogens with one attached hydrogen (secondary N) is 1. The van der Waals surface area contributed by atoms with E-state index in [2.05, 4.69) is 39.8 Å². The number of hydrogen-bond acceptors (Lipinski definition) is 6. The van der Waals surface area contributed by atoms with Gasteiger partial charge in [-0.15, -0.1) is 0 Å². The lowest BCUT2D eigenvalue weighted by molar-refractivity contribution is 0.0964. The van der Waals surface area contributed by atoms with Gasteiger partial charge in [0, 0.05) is 35.6 Å². The highest BCUT2D eigenvalue weighted by Crippen LogP contribution is 2.43. The van der Waals surface area contributed by atoms with Crippen molar-refractivity contribution in [2.45, 2.75) is 39.7 Å². The van der Waals surface area contributed by atoms with E-state index < -0.39 is 18.6 Å². The number of halogens is 1. The number of fused-ring (bicyclic) bond motifs is 1. The van der Waals surface area contributed by atoms with Crippen LogP contribution in [0.1, 0.15) is 48.3 Å². The van der Waals surface area contributed by atoms with Crippen LogP contribution >= 0.6 is 30.0 Å². The summed E-state index contributed by atoms with van der Waals surface area (Å²) in [5, 5.41) is 3.26. The molecule has 1 amide bonds. The zero-order valence-electron chi connectivity index (χ0n) is 21.5. The Morgan fingerprint density at radius 3 is 2.57 bits per heavy atom.